The highest BCUT2D eigenvalue weighted by atomic mass is 16.4. The average molecular weight is 183 g/mol. The second kappa shape index (κ2) is 3.40. The van der Waals surface area contributed by atoms with E-state index in [1.807, 2.05) is 13.8 Å². The molecule has 0 bridgehead atoms. The van der Waals surface area contributed by atoms with E-state index in [-0.39, 0.29) is 11.6 Å². The van der Waals surface area contributed by atoms with Gasteiger partial charge in [-0.15, -0.1) is 6.58 Å². The molecule has 1 atom stereocenters. The number of nitrogens with zero attached hydrogens (tertiary/aromatic N) is 1. The van der Waals surface area contributed by atoms with Gasteiger partial charge < -0.3 is 5.11 Å². The van der Waals surface area contributed by atoms with Crippen LogP contribution in [-0.4, -0.2) is 27.7 Å². The highest BCUT2D eigenvalue weighted by Gasteiger charge is 2.41. The zero-order valence-corrected chi connectivity index (χ0v) is 8.29. The molecule has 3 heteroatoms. The summed E-state index contributed by atoms with van der Waals surface area (Å²) in [7, 11) is 0. The molecule has 1 unspecified atom stereocenters. The van der Waals surface area contributed by atoms with Crippen LogP contribution >= 0.6 is 0 Å². The Bertz CT molecular complexity index is 223. The maximum atomic E-state index is 11.0. The molecule has 1 amide bonds. The number of hydrogen-bond acceptors (Lipinski definition) is 1. The Hall–Kier alpha value is -0.990. The minimum atomic E-state index is -0.811. The Labute approximate surface area is 79.0 Å². The summed E-state index contributed by atoms with van der Waals surface area (Å²) in [5, 5.41) is 9.04. The minimum Gasteiger partial charge on any atom is -0.465 e. The van der Waals surface area contributed by atoms with Crippen LogP contribution in [0.4, 0.5) is 4.79 Å². The first-order chi connectivity index (χ1) is 5.99. The van der Waals surface area contributed by atoms with Gasteiger partial charge in [-0.1, -0.05) is 6.08 Å². The van der Waals surface area contributed by atoms with Crippen LogP contribution < -0.4 is 0 Å². The smallest absolute Gasteiger partial charge is 0.408 e. The van der Waals surface area contributed by atoms with Crippen LogP contribution in [0.25, 0.3) is 0 Å². The van der Waals surface area contributed by atoms with Crippen LogP contribution in [-0.2, 0) is 0 Å². The van der Waals surface area contributed by atoms with Crippen LogP contribution in [0.1, 0.15) is 33.1 Å². The van der Waals surface area contributed by atoms with Gasteiger partial charge in [-0.3, -0.25) is 4.90 Å². The second-order valence-corrected chi connectivity index (χ2v) is 4.18. The minimum absolute atomic E-state index is 0.130. The maximum Gasteiger partial charge on any atom is 0.408 e. The van der Waals surface area contributed by atoms with Crippen molar-refractivity contribution < 1.29 is 9.90 Å². The van der Waals surface area contributed by atoms with Crippen molar-refractivity contribution in [3.05, 3.63) is 12.7 Å². The van der Waals surface area contributed by atoms with Crippen LogP contribution in [0.2, 0.25) is 0 Å². The van der Waals surface area contributed by atoms with E-state index in [4.69, 9.17) is 5.11 Å². The van der Waals surface area contributed by atoms with Crippen molar-refractivity contribution in [3.8, 4) is 0 Å². The van der Waals surface area contributed by atoms with Crippen molar-refractivity contribution in [2.45, 2.75) is 44.7 Å². The summed E-state index contributed by atoms with van der Waals surface area (Å²) in [4.78, 5) is 12.6. The van der Waals surface area contributed by atoms with Crippen molar-refractivity contribution in [1.29, 1.82) is 0 Å². The van der Waals surface area contributed by atoms with Gasteiger partial charge in [0.2, 0.25) is 0 Å². The lowest BCUT2D eigenvalue weighted by molar-refractivity contribution is 0.0966. The topological polar surface area (TPSA) is 40.5 Å². The summed E-state index contributed by atoms with van der Waals surface area (Å²) in [6.07, 6.45) is 3.63. The van der Waals surface area contributed by atoms with E-state index in [1.54, 1.807) is 11.0 Å². The summed E-state index contributed by atoms with van der Waals surface area (Å²) in [5.41, 5.74) is -0.209. The van der Waals surface area contributed by atoms with Gasteiger partial charge in [0.1, 0.15) is 0 Å². The van der Waals surface area contributed by atoms with E-state index in [1.165, 1.54) is 0 Å². The predicted octanol–water partition coefficient (Wildman–Crippen LogP) is 2.48. The molecule has 13 heavy (non-hydrogen) atoms. The molecule has 0 aromatic rings. The number of rotatable bonds is 2. The third-order valence-electron chi connectivity index (χ3n) is 2.75. The zero-order chi connectivity index (χ0) is 10.1. The lowest BCUT2D eigenvalue weighted by Gasteiger charge is -2.32. The molecule has 1 heterocycles. The first-order valence-corrected chi connectivity index (χ1v) is 4.62. The Kier molecular flexibility index (Phi) is 2.64. The fourth-order valence-electron chi connectivity index (χ4n) is 2.09. The Morgan fingerprint density at radius 3 is 2.85 bits per heavy atom. The van der Waals surface area contributed by atoms with Crippen LogP contribution in [0.5, 0.6) is 0 Å². The maximum absolute atomic E-state index is 11.0. The first kappa shape index (κ1) is 10.1. The highest BCUT2D eigenvalue weighted by molar-refractivity contribution is 5.67. The molecule has 3 nitrogen and oxygen atoms in total. The number of amides is 1. The summed E-state index contributed by atoms with van der Waals surface area (Å²) >= 11 is 0. The van der Waals surface area contributed by atoms with Gasteiger partial charge >= 0.3 is 6.09 Å². The summed E-state index contributed by atoms with van der Waals surface area (Å²) in [6, 6.07) is 0.130. The first-order valence-electron chi connectivity index (χ1n) is 4.62. The van der Waals surface area contributed by atoms with Crippen molar-refractivity contribution in [3.63, 3.8) is 0 Å². The van der Waals surface area contributed by atoms with E-state index in [9.17, 15) is 4.79 Å². The highest BCUT2D eigenvalue weighted by Crippen LogP contribution is 2.34. The SMILES string of the molecule is C=CCC1CCC(C)(C)N1C(=O)O. The molecule has 0 aromatic carbocycles. The van der Waals surface area contributed by atoms with Crippen molar-refractivity contribution >= 4 is 6.09 Å². The molecule has 1 rings (SSSR count). The fourth-order valence-corrected chi connectivity index (χ4v) is 2.09. The number of likely N-dealkylation sites (tertiary alicyclic amines) is 1. The molecule has 1 saturated heterocycles. The molecule has 1 fully saturated rings. The predicted molar refractivity (Wildman–Crippen MR) is 51.8 cm³/mol. The van der Waals surface area contributed by atoms with Gasteiger partial charge in [-0.05, 0) is 33.1 Å². The Morgan fingerprint density at radius 2 is 2.38 bits per heavy atom. The van der Waals surface area contributed by atoms with E-state index < -0.39 is 6.09 Å². The normalized spacial score (nSPS) is 26.0. The quantitative estimate of drug-likeness (QED) is 0.668. The number of carbonyl (C=O) groups is 1. The van der Waals surface area contributed by atoms with Gasteiger partial charge in [-0.2, -0.15) is 0 Å². The van der Waals surface area contributed by atoms with Crippen LogP contribution in [0.3, 0.4) is 0 Å². The molecular formula is C10H17NO2. The van der Waals surface area contributed by atoms with Gasteiger partial charge in [0.15, 0.2) is 0 Å². The zero-order valence-electron chi connectivity index (χ0n) is 8.29. The van der Waals surface area contributed by atoms with Crippen molar-refractivity contribution in [2.75, 3.05) is 0 Å². The lowest BCUT2D eigenvalue weighted by atomic mass is 10.0. The second-order valence-electron chi connectivity index (χ2n) is 4.18. The molecule has 0 spiro atoms. The third kappa shape index (κ3) is 1.85. The van der Waals surface area contributed by atoms with E-state index >= 15 is 0 Å². The molecular weight excluding hydrogens is 166 g/mol. The Morgan fingerprint density at radius 1 is 1.77 bits per heavy atom. The monoisotopic (exact) mass is 183 g/mol. The van der Waals surface area contributed by atoms with Crippen molar-refractivity contribution in [1.82, 2.24) is 4.90 Å². The van der Waals surface area contributed by atoms with E-state index in [0.29, 0.717) is 0 Å². The summed E-state index contributed by atoms with van der Waals surface area (Å²) in [6.45, 7) is 7.60. The molecule has 1 N–H and O–H groups in total. The number of hydrogen-bond donors (Lipinski definition) is 1. The lowest BCUT2D eigenvalue weighted by Crippen LogP contribution is -2.46. The molecule has 74 valence electrons. The van der Waals surface area contributed by atoms with Gasteiger partial charge in [0, 0.05) is 11.6 Å². The molecule has 1 aliphatic heterocycles. The van der Waals surface area contributed by atoms with Crippen LogP contribution in [0.15, 0.2) is 12.7 Å². The van der Waals surface area contributed by atoms with E-state index in [2.05, 4.69) is 6.58 Å². The molecule has 0 radical (unpaired) electrons. The third-order valence-corrected chi connectivity index (χ3v) is 2.75. The summed E-state index contributed by atoms with van der Waals surface area (Å²) < 4.78 is 0. The summed E-state index contributed by atoms with van der Waals surface area (Å²) in [5.74, 6) is 0. The van der Waals surface area contributed by atoms with Crippen molar-refractivity contribution in [2.24, 2.45) is 0 Å². The number of carboxylic acid groups (broad SMARTS) is 1. The molecule has 0 aliphatic carbocycles. The largest absolute Gasteiger partial charge is 0.465 e. The molecule has 0 aromatic heterocycles. The van der Waals surface area contributed by atoms with E-state index in [0.717, 1.165) is 19.3 Å². The Balaban J connectivity index is 2.79. The van der Waals surface area contributed by atoms with Crippen LogP contribution in [0, 0.1) is 0 Å². The standard InChI is InChI=1S/C10H17NO2/c1-4-5-8-6-7-10(2,3)11(8)9(12)13/h4,8H,1,5-7H2,2-3H3,(H,12,13). The molecule has 0 saturated carbocycles. The van der Waals surface area contributed by atoms with Gasteiger partial charge in [0.25, 0.3) is 0 Å². The average Bonchev–Trinajstić information content (AvgIpc) is 2.26. The van der Waals surface area contributed by atoms with Gasteiger partial charge in [0.05, 0.1) is 0 Å². The molecule has 1 aliphatic rings. The van der Waals surface area contributed by atoms with Gasteiger partial charge in [-0.25, -0.2) is 4.79 Å². The fraction of sp³-hybridized carbons (Fsp3) is 0.700.